The maximum Gasteiger partial charge on any atom is 0.452 e. The predicted octanol–water partition coefficient (Wildman–Crippen LogP) is 6.36. The van der Waals surface area contributed by atoms with E-state index in [1.807, 2.05) is 0 Å². The number of Topliss-reactive ketones (excluding diaryl/α,β-unsaturated/α-hetero) is 1. The molecule has 0 aliphatic heterocycles. The highest BCUT2D eigenvalue weighted by molar-refractivity contribution is 6.04. The molecule has 4 aromatic rings. The van der Waals surface area contributed by atoms with Gasteiger partial charge in [-0.05, 0) is 37.1 Å². The molecule has 1 aliphatic carbocycles. The summed E-state index contributed by atoms with van der Waals surface area (Å²) in [5, 5.41) is 11.7. The fraction of sp³-hybridized carbons (Fsp3) is 0.207. The Bertz CT molecular complexity index is 1550. The van der Waals surface area contributed by atoms with Gasteiger partial charge in [0.2, 0.25) is 11.7 Å². The van der Waals surface area contributed by atoms with Gasteiger partial charge < -0.3 is 14.8 Å². The number of carboxylic acids is 1. The van der Waals surface area contributed by atoms with Crippen molar-refractivity contribution >= 4 is 23.3 Å². The summed E-state index contributed by atoms with van der Waals surface area (Å²) < 4.78 is 45.6. The van der Waals surface area contributed by atoms with Crippen LogP contribution in [0, 0.1) is 11.8 Å². The number of aliphatic carboxylic acids is 1. The van der Waals surface area contributed by atoms with Crippen molar-refractivity contribution in [1.29, 1.82) is 0 Å². The van der Waals surface area contributed by atoms with Gasteiger partial charge in [-0.1, -0.05) is 48.9 Å². The summed E-state index contributed by atoms with van der Waals surface area (Å²) >= 11 is 0. The molecule has 2 heterocycles. The van der Waals surface area contributed by atoms with Crippen molar-refractivity contribution < 1.29 is 37.1 Å². The molecule has 0 bridgehead atoms. The molecule has 2 aromatic carbocycles. The number of halogens is 3. The summed E-state index contributed by atoms with van der Waals surface area (Å²) in [5.41, 5.74) is 1.08. The van der Waals surface area contributed by atoms with E-state index in [1.54, 1.807) is 48.5 Å². The Morgan fingerprint density at radius 2 is 1.60 bits per heavy atom. The molecule has 204 valence electrons. The molecule has 2 N–H and O–H groups in total. The number of carbonyl (C=O) groups excluding carboxylic acids is 2. The van der Waals surface area contributed by atoms with Gasteiger partial charge in [0.1, 0.15) is 0 Å². The van der Waals surface area contributed by atoms with Crippen LogP contribution in [0.15, 0.2) is 77.3 Å². The van der Waals surface area contributed by atoms with Gasteiger partial charge in [0.05, 0.1) is 23.5 Å². The summed E-state index contributed by atoms with van der Waals surface area (Å²) in [5.74, 6) is -5.33. The second-order valence-electron chi connectivity index (χ2n) is 9.37. The summed E-state index contributed by atoms with van der Waals surface area (Å²) in [6.45, 7) is 0. The molecule has 1 saturated carbocycles. The number of hydrogen-bond acceptors (Lipinski definition) is 6. The topological polar surface area (TPSA) is 122 Å². The Kier molecular flexibility index (Phi) is 7.20. The second-order valence-corrected chi connectivity index (χ2v) is 9.37. The van der Waals surface area contributed by atoms with Gasteiger partial charge in [0.15, 0.2) is 11.5 Å². The molecule has 2 aromatic heterocycles. The van der Waals surface area contributed by atoms with E-state index in [9.17, 15) is 32.7 Å². The number of oxazole rings is 1. The van der Waals surface area contributed by atoms with Crippen LogP contribution in [0.4, 0.5) is 18.9 Å². The van der Waals surface area contributed by atoms with E-state index < -0.39 is 41.3 Å². The van der Waals surface area contributed by atoms with Crippen LogP contribution in [0.1, 0.15) is 45.9 Å². The van der Waals surface area contributed by atoms with Crippen molar-refractivity contribution in [1.82, 2.24) is 9.97 Å². The Hall–Kier alpha value is -4.80. The van der Waals surface area contributed by atoms with Crippen LogP contribution in [0.25, 0.3) is 22.7 Å². The smallest absolute Gasteiger partial charge is 0.452 e. The van der Waals surface area contributed by atoms with E-state index in [0.717, 1.165) is 0 Å². The second kappa shape index (κ2) is 10.8. The Labute approximate surface area is 225 Å². The normalized spacial score (nSPS) is 17.0. The largest absolute Gasteiger partial charge is 0.481 e. The van der Waals surface area contributed by atoms with Gasteiger partial charge in [-0.2, -0.15) is 13.2 Å². The van der Waals surface area contributed by atoms with Crippen molar-refractivity contribution in [3.05, 3.63) is 89.9 Å². The van der Waals surface area contributed by atoms with Crippen LogP contribution < -0.4 is 5.32 Å². The number of anilines is 1. The van der Waals surface area contributed by atoms with Gasteiger partial charge >= 0.3 is 12.1 Å². The molecule has 1 amide bonds. The first-order valence-corrected chi connectivity index (χ1v) is 12.4. The third kappa shape index (κ3) is 5.49. The van der Waals surface area contributed by atoms with E-state index in [4.69, 9.17) is 4.42 Å². The number of carboxylic acid groups (broad SMARTS) is 1. The number of benzene rings is 2. The SMILES string of the molecule is O=C(Nc1ccc(-c2ccc(C(=O)[C@@H]3CCC[C@H]3C(=O)O)cc2)nc1)c1nc(-c2ccccc2)oc1C(F)(F)F. The number of rotatable bonds is 7. The average molecular weight is 550 g/mol. The van der Waals surface area contributed by atoms with Crippen LogP contribution in [0.2, 0.25) is 0 Å². The molecule has 11 heteroatoms. The number of hydrogen-bond donors (Lipinski definition) is 2. The number of pyridine rings is 1. The number of nitrogens with one attached hydrogen (secondary N) is 1. The maximum absolute atomic E-state index is 13.6. The quantitative estimate of drug-likeness (QED) is 0.257. The molecule has 2 atom stereocenters. The molecular weight excluding hydrogens is 527 g/mol. The summed E-state index contributed by atoms with van der Waals surface area (Å²) in [6, 6.07) is 17.5. The van der Waals surface area contributed by atoms with Crippen LogP contribution in [-0.4, -0.2) is 32.7 Å². The molecule has 1 aliphatic rings. The molecule has 8 nitrogen and oxygen atoms in total. The molecule has 0 radical (unpaired) electrons. The highest BCUT2D eigenvalue weighted by Gasteiger charge is 2.42. The zero-order valence-electron chi connectivity index (χ0n) is 20.8. The number of amides is 1. The summed E-state index contributed by atoms with van der Waals surface area (Å²) in [4.78, 5) is 45.1. The van der Waals surface area contributed by atoms with Crippen molar-refractivity contribution in [2.75, 3.05) is 5.32 Å². The summed E-state index contributed by atoms with van der Waals surface area (Å²) in [6.07, 6.45) is -1.93. The minimum Gasteiger partial charge on any atom is -0.481 e. The van der Waals surface area contributed by atoms with E-state index in [2.05, 4.69) is 15.3 Å². The van der Waals surface area contributed by atoms with E-state index >= 15 is 0 Å². The van der Waals surface area contributed by atoms with E-state index in [1.165, 1.54) is 24.4 Å². The molecule has 0 spiro atoms. The lowest BCUT2D eigenvalue weighted by molar-refractivity contribution is -0.153. The number of nitrogens with zero attached hydrogens (tertiary/aromatic N) is 2. The highest BCUT2D eigenvalue weighted by Crippen LogP contribution is 2.36. The lowest BCUT2D eigenvalue weighted by Gasteiger charge is -2.14. The lowest BCUT2D eigenvalue weighted by atomic mass is 9.88. The van der Waals surface area contributed by atoms with Crippen molar-refractivity contribution in [3.8, 4) is 22.7 Å². The van der Waals surface area contributed by atoms with Gasteiger partial charge in [-0.15, -0.1) is 0 Å². The zero-order valence-corrected chi connectivity index (χ0v) is 20.8. The van der Waals surface area contributed by atoms with Crippen molar-refractivity contribution in [3.63, 3.8) is 0 Å². The summed E-state index contributed by atoms with van der Waals surface area (Å²) in [7, 11) is 0. The van der Waals surface area contributed by atoms with Gasteiger partial charge in [0, 0.05) is 22.6 Å². The number of carbonyl (C=O) groups is 3. The minimum atomic E-state index is -4.94. The fourth-order valence-corrected chi connectivity index (χ4v) is 4.79. The van der Waals surface area contributed by atoms with Crippen LogP contribution in [0.3, 0.4) is 0 Å². The first kappa shape index (κ1) is 26.8. The van der Waals surface area contributed by atoms with Crippen molar-refractivity contribution in [2.45, 2.75) is 25.4 Å². The Morgan fingerprint density at radius 3 is 2.23 bits per heavy atom. The van der Waals surface area contributed by atoms with Crippen molar-refractivity contribution in [2.24, 2.45) is 11.8 Å². The van der Waals surface area contributed by atoms with Gasteiger partial charge in [0.25, 0.3) is 5.91 Å². The molecular formula is C29H22F3N3O5. The third-order valence-electron chi connectivity index (χ3n) is 6.78. The molecule has 5 rings (SSSR count). The first-order chi connectivity index (χ1) is 19.1. The Morgan fingerprint density at radius 1 is 0.900 bits per heavy atom. The first-order valence-electron chi connectivity index (χ1n) is 12.4. The molecule has 0 unspecified atom stereocenters. The van der Waals surface area contributed by atoms with Crippen LogP contribution in [0.5, 0.6) is 0 Å². The van der Waals surface area contributed by atoms with Gasteiger partial charge in [-0.25, -0.2) is 4.98 Å². The molecule has 1 fully saturated rings. The van der Waals surface area contributed by atoms with E-state index in [-0.39, 0.29) is 22.9 Å². The zero-order chi connectivity index (χ0) is 28.4. The third-order valence-corrected chi connectivity index (χ3v) is 6.78. The number of ketones is 1. The predicted molar refractivity (Wildman–Crippen MR) is 137 cm³/mol. The molecule has 0 saturated heterocycles. The average Bonchev–Trinajstić information content (AvgIpc) is 3.62. The number of alkyl halides is 3. The standard InChI is InChI=1S/C29H22F3N3O5/c30-29(31,32)25-23(35-27(40-25)18-5-2-1-3-6-18)26(37)34-19-13-14-22(33-15-19)16-9-11-17(12-10-16)24(36)20-7-4-8-21(20)28(38)39/h1-3,5-6,9-15,20-21H,4,7-8H2,(H,34,37)(H,38,39)/t20-,21-/m1/s1. The minimum absolute atomic E-state index is 0.138. The Balaban J connectivity index is 1.30. The molecule has 40 heavy (non-hydrogen) atoms. The maximum atomic E-state index is 13.6. The van der Waals surface area contributed by atoms with Gasteiger partial charge in [-0.3, -0.25) is 19.4 Å². The number of aromatic nitrogens is 2. The lowest BCUT2D eigenvalue weighted by Crippen LogP contribution is -2.25. The highest BCUT2D eigenvalue weighted by atomic mass is 19.4. The van der Waals surface area contributed by atoms with E-state index in [0.29, 0.717) is 36.1 Å². The monoisotopic (exact) mass is 549 g/mol. The fourth-order valence-electron chi connectivity index (χ4n) is 4.79. The van der Waals surface area contributed by atoms with Crippen LogP contribution in [-0.2, 0) is 11.0 Å². The van der Waals surface area contributed by atoms with Crippen LogP contribution >= 0.6 is 0 Å².